The van der Waals surface area contributed by atoms with Crippen molar-refractivity contribution in [2.75, 3.05) is 44.6 Å². The molecule has 7 nitrogen and oxygen atoms in total. The van der Waals surface area contributed by atoms with Gasteiger partial charge in [0, 0.05) is 52.1 Å². The summed E-state index contributed by atoms with van der Waals surface area (Å²) in [4.78, 5) is 25.8. The lowest BCUT2D eigenvalue weighted by atomic mass is 10.2. The zero-order chi connectivity index (χ0) is 19.2. The molecule has 1 aromatic heterocycles. The number of benzene rings is 1. The van der Waals surface area contributed by atoms with Crippen LogP contribution < -0.4 is 5.32 Å². The monoisotopic (exact) mass is 381 g/mol. The van der Waals surface area contributed by atoms with Gasteiger partial charge in [-0.3, -0.25) is 9.69 Å². The van der Waals surface area contributed by atoms with E-state index in [1.807, 2.05) is 11.0 Å². The first-order chi connectivity index (χ1) is 13.8. The SMILES string of the molecule is O=C(c1ccnc(NCC2CCCO2)n1)N1CCN(Cc2ccccc2)CC1. The van der Waals surface area contributed by atoms with Crippen LogP contribution in [0.1, 0.15) is 28.9 Å². The number of hydrogen-bond acceptors (Lipinski definition) is 6. The van der Waals surface area contributed by atoms with Gasteiger partial charge < -0.3 is 15.0 Å². The third-order valence-corrected chi connectivity index (χ3v) is 5.30. The highest BCUT2D eigenvalue weighted by Crippen LogP contribution is 2.14. The molecule has 148 valence electrons. The summed E-state index contributed by atoms with van der Waals surface area (Å²) >= 11 is 0. The number of carbonyl (C=O) groups excluding carboxylic acids is 1. The Hall–Kier alpha value is -2.51. The van der Waals surface area contributed by atoms with Crippen LogP contribution in [0.5, 0.6) is 0 Å². The Bertz CT molecular complexity index is 771. The van der Waals surface area contributed by atoms with Crippen molar-refractivity contribution in [3.8, 4) is 0 Å². The summed E-state index contributed by atoms with van der Waals surface area (Å²) in [5.74, 6) is 0.464. The average molecular weight is 381 g/mol. The molecule has 2 aromatic rings. The second-order valence-electron chi connectivity index (χ2n) is 7.34. The van der Waals surface area contributed by atoms with E-state index in [0.29, 0.717) is 31.3 Å². The Morgan fingerprint density at radius 1 is 1.14 bits per heavy atom. The van der Waals surface area contributed by atoms with Crippen molar-refractivity contribution in [2.45, 2.75) is 25.5 Å². The first-order valence-corrected chi connectivity index (χ1v) is 10.0. The van der Waals surface area contributed by atoms with Crippen molar-refractivity contribution in [2.24, 2.45) is 0 Å². The lowest BCUT2D eigenvalue weighted by molar-refractivity contribution is 0.0622. The minimum absolute atomic E-state index is 0.0260. The number of ether oxygens (including phenoxy) is 1. The predicted octanol–water partition coefficient (Wildman–Crippen LogP) is 2.03. The van der Waals surface area contributed by atoms with Crippen molar-refractivity contribution < 1.29 is 9.53 Å². The van der Waals surface area contributed by atoms with E-state index in [1.165, 1.54) is 5.56 Å². The van der Waals surface area contributed by atoms with Crippen LogP contribution in [0, 0.1) is 0 Å². The van der Waals surface area contributed by atoms with E-state index in [0.717, 1.165) is 39.1 Å². The van der Waals surface area contributed by atoms with Crippen molar-refractivity contribution >= 4 is 11.9 Å². The molecule has 2 saturated heterocycles. The molecular weight excluding hydrogens is 354 g/mol. The minimum Gasteiger partial charge on any atom is -0.376 e. The van der Waals surface area contributed by atoms with Crippen LogP contribution in [-0.2, 0) is 11.3 Å². The van der Waals surface area contributed by atoms with Crippen molar-refractivity contribution in [1.82, 2.24) is 19.8 Å². The Morgan fingerprint density at radius 2 is 1.96 bits per heavy atom. The van der Waals surface area contributed by atoms with E-state index in [9.17, 15) is 4.79 Å². The van der Waals surface area contributed by atoms with Gasteiger partial charge >= 0.3 is 0 Å². The molecule has 2 aliphatic rings. The summed E-state index contributed by atoms with van der Waals surface area (Å²) in [7, 11) is 0. The normalized spacial score (nSPS) is 20.3. The molecule has 0 radical (unpaired) electrons. The molecule has 1 aromatic carbocycles. The second-order valence-corrected chi connectivity index (χ2v) is 7.34. The van der Waals surface area contributed by atoms with Crippen LogP contribution in [0.15, 0.2) is 42.6 Å². The molecular formula is C21H27N5O2. The highest BCUT2D eigenvalue weighted by Gasteiger charge is 2.23. The Kier molecular flexibility index (Phi) is 6.14. The average Bonchev–Trinajstić information content (AvgIpc) is 3.27. The first kappa shape index (κ1) is 18.8. The van der Waals surface area contributed by atoms with Crippen molar-refractivity contribution in [1.29, 1.82) is 0 Å². The van der Waals surface area contributed by atoms with Gasteiger partial charge in [0.05, 0.1) is 6.10 Å². The number of anilines is 1. The van der Waals surface area contributed by atoms with E-state index in [1.54, 1.807) is 12.3 Å². The van der Waals surface area contributed by atoms with Crippen LogP contribution in [0.25, 0.3) is 0 Å². The summed E-state index contributed by atoms with van der Waals surface area (Å²) in [6, 6.07) is 12.1. The number of hydrogen-bond donors (Lipinski definition) is 1. The zero-order valence-corrected chi connectivity index (χ0v) is 16.1. The predicted molar refractivity (Wildman–Crippen MR) is 107 cm³/mol. The largest absolute Gasteiger partial charge is 0.376 e. The van der Waals surface area contributed by atoms with Gasteiger partial charge in [-0.25, -0.2) is 9.97 Å². The van der Waals surface area contributed by atoms with Gasteiger partial charge in [0.15, 0.2) is 0 Å². The van der Waals surface area contributed by atoms with Gasteiger partial charge in [-0.05, 0) is 24.5 Å². The van der Waals surface area contributed by atoms with Gasteiger partial charge in [0.1, 0.15) is 5.69 Å². The van der Waals surface area contributed by atoms with E-state index < -0.39 is 0 Å². The molecule has 4 rings (SSSR count). The Morgan fingerprint density at radius 3 is 2.71 bits per heavy atom. The number of aromatic nitrogens is 2. The smallest absolute Gasteiger partial charge is 0.272 e. The summed E-state index contributed by atoms with van der Waals surface area (Å²) in [6.45, 7) is 5.60. The number of piperazine rings is 1. The fourth-order valence-electron chi connectivity index (χ4n) is 3.69. The van der Waals surface area contributed by atoms with Gasteiger partial charge in [-0.15, -0.1) is 0 Å². The summed E-state index contributed by atoms with van der Waals surface area (Å²) in [5, 5.41) is 3.19. The van der Waals surface area contributed by atoms with E-state index in [4.69, 9.17) is 4.74 Å². The van der Waals surface area contributed by atoms with Gasteiger partial charge in [0.25, 0.3) is 5.91 Å². The third-order valence-electron chi connectivity index (χ3n) is 5.30. The van der Waals surface area contributed by atoms with Gasteiger partial charge in [0.2, 0.25) is 5.95 Å². The molecule has 1 unspecified atom stereocenters. The minimum atomic E-state index is -0.0260. The molecule has 1 amide bonds. The molecule has 0 saturated carbocycles. The second kappa shape index (κ2) is 9.12. The molecule has 0 spiro atoms. The number of carbonyl (C=O) groups is 1. The first-order valence-electron chi connectivity index (χ1n) is 10.0. The van der Waals surface area contributed by atoms with Crippen LogP contribution in [0.4, 0.5) is 5.95 Å². The Labute approximate surface area is 165 Å². The fourth-order valence-corrected chi connectivity index (χ4v) is 3.69. The number of nitrogens with one attached hydrogen (secondary N) is 1. The number of rotatable bonds is 6. The van der Waals surface area contributed by atoms with E-state index in [2.05, 4.69) is 44.5 Å². The molecule has 7 heteroatoms. The molecule has 2 aliphatic heterocycles. The topological polar surface area (TPSA) is 70.6 Å². The highest BCUT2D eigenvalue weighted by atomic mass is 16.5. The molecule has 28 heavy (non-hydrogen) atoms. The molecule has 1 atom stereocenters. The summed E-state index contributed by atoms with van der Waals surface area (Å²) in [5.41, 5.74) is 1.75. The lowest BCUT2D eigenvalue weighted by Crippen LogP contribution is -2.48. The van der Waals surface area contributed by atoms with E-state index in [-0.39, 0.29) is 12.0 Å². The maximum absolute atomic E-state index is 12.8. The van der Waals surface area contributed by atoms with Crippen LogP contribution >= 0.6 is 0 Å². The maximum Gasteiger partial charge on any atom is 0.272 e. The molecule has 2 fully saturated rings. The third kappa shape index (κ3) is 4.85. The fraction of sp³-hybridized carbons (Fsp3) is 0.476. The van der Waals surface area contributed by atoms with Gasteiger partial charge in [-0.1, -0.05) is 30.3 Å². The lowest BCUT2D eigenvalue weighted by Gasteiger charge is -2.34. The molecule has 3 heterocycles. The zero-order valence-electron chi connectivity index (χ0n) is 16.1. The quantitative estimate of drug-likeness (QED) is 0.826. The summed E-state index contributed by atoms with van der Waals surface area (Å²) in [6.07, 6.45) is 4.01. The van der Waals surface area contributed by atoms with Gasteiger partial charge in [-0.2, -0.15) is 0 Å². The molecule has 1 N–H and O–H groups in total. The molecule has 0 bridgehead atoms. The molecule has 0 aliphatic carbocycles. The van der Waals surface area contributed by atoms with Crippen LogP contribution in [0.3, 0.4) is 0 Å². The number of nitrogens with zero attached hydrogens (tertiary/aromatic N) is 4. The highest BCUT2D eigenvalue weighted by molar-refractivity contribution is 5.92. The van der Waals surface area contributed by atoms with Crippen LogP contribution in [0.2, 0.25) is 0 Å². The standard InChI is InChI=1S/C21H27N5O2/c27-20(19-8-9-22-21(24-19)23-15-18-7-4-14-28-18)26-12-10-25(11-13-26)16-17-5-2-1-3-6-17/h1-3,5-6,8-9,18H,4,7,10-16H2,(H,22,23,24). The van der Waals surface area contributed by atoms with Crippen molar-refractivity contribution in [3.05, 3.63) is 53.9 Å². The number of amides is 1. The Balaban J connectivity index is 1.29. The van der Waals surface area contributed by atoms with Crippen LogP contribution in [-0.4, -0.2) is 71.1 Å². The van der Waals surface area contributed by atoms with E-state index >= 15 is 0 Å². The summed E-state index contributed by atoms with van der Waals surface area (Å²) < 4.78 is 5.60. The van der Waals surface area contributed by atoms with Crippen molar-refractivity contribution in [3.63, 3.8) is 0 Å². The maximum atomic E-state index is 12.8.